The molecule has 0 spiro atoms. The highest BCUT2D eigenvalue weighted by molar-refractivity contribution is 6.30. The van der Waals surface area contributed by atoms with Crippen LogP contribution in [0.25, 0.3) is 0 Å². The zero-order valence-electron chi connectivity index (χ0n) is 6.83. The van der Waals surface area contributed by atoms with Gasteiger partial charge in [-0.05, 0) is 0 Å². The minimum atomic E-state index is -4.85. The van der Waals surface area contributed by atoms with Crippen LogP contribution in [0.2, 0.25) is 0 Å². The number of rotatable bonds is 0. The second kappa shape index (κ2) is 3.41. The zero-order chi connectivity index (χ0) is 10.9. The average molecular weight is 218 g/mol. The van der Waals surface area contributed by atoms with Crippen LogP contribution in [-0.4, -0.2) is 31.1 Å². The Morgan fingerprint density at radius 1 is 1.43 bits per heavy atom. The van der Waals surface area contributed by atoms with Crippen molar-refractivity contribution in [2.75, 3.05) is 0 Å². The van der Waals surface area contributed by atoms with Crippen molar-refractivity contribution in [2.24, 2.45) is 0 Å². The van der Waals surface area contributed by atoms with Gasteiger partial charge < -0.3 is 0 Å². The molecule has 1 aromatic rings. The minimum Gasteiger partial charge on any atom is -0.268 e. The summed E-state index contributed by atoms with van der Waals surface area (Å²) in [4.78, 5) is 11.0. The molecule has 0 bridgehead atoms. The number of hydrogen-bond acceptors (Lipinski definition) is 4. The Kier molecular flexibility index (Phi) is 2.60. The van der Waals surface area contributed by atoms with E-state index in [1.165, 1.54) is 0 Å². The Labute approximate surface area is 83.2 Å². The lowest BCUT2D eigenvalue weighted by Crippen LogP contribution is -2.40. The Morgan fingerprint density at radius 2 is 2.00 bits per heavy atom. The third kappa shape index (κ3) is 1.76. The van der Waals surface area contributed by atoms with Crippen LogP contribution in [0.3, 0.4) is 0 Å². The van der Waals surface area contributed by atoms with Crippen LogP contribution in [0.4, 0.5) is 13.2 Å². The van der Waals surface area contributed by atoms with E-state index in [1.807, 2.05) is 0 Å². The topological polar surface area (TPSA) is 71.6 Å². The summed E-state index contributed by atoms with van der Waals surface area (Å²) in [5, 5.41) is 14.2. The Bertz CT molecular complexity index is 460. The van der Waals surface area contributed by atoms with E-state index in [0.717, 1.165) is 6.19 Å². The molecule has 0 aliphatic rings. The van der Waals surface area contributed by atoms with Gasteiger partial charge >= 0.3 is 22.5 Å². The fraction of sp³-hybridized carbons (Fsp3) is 0.200. The molecule has 0 saturated carbocycles. The van der Waals surface area contributed by atoms with E-state index in [9.17, 15) is 18.0 Å². The molecule has 9 heteroatoms. The first kappa shape index (κ1) is 10.7. The summed E-state index contributed by atoms with van der Waals surface area (Å²) in [5.74, 6) is -1.59. The summed E-state index contributed by atoms with van der Waals surface area (Å²) in [6, 6.07) is 0. The van der Waals surface area contributed by atoms with Crippen molar-refractivity contribution in [3.63, 3.8) is 0 Å². The molecule has 0 saturated heterocycles. The largest absolute Gasteiger partial charge is 0.452 e. The van der Waals surface area contributed by atoms with Crippen LogP contribution in [-0.2, 0) is 6.18 Å². The lowest BCUT2D eigenvalue weighted by atomic mass is 10.5. The van der Waals surface area contributed by atoms with Gasteiger partial charge in [-0.3, -0.25) is 4.79 Å². The molecule has 1 rings (SSSR count). The third-order valence-electron chi connectivity index (χ3n) is 1.37. The van der Waals surface area contributed by atoms with Crippen LogP contribution in [0.5, 0.6) is 0 Å². The lowest BCUT2D eigenvalue weighted by Gasteiger charge is -2.06. The molecule has 0 aliphatic carbocycles. The van der Waals surface area contributed by atoms with Crippen LogP contribution in [0.15, 0.2) is 4.79 Å². The number of nitriles is 1. The molecule has 0 radical (unpaired) electrons. The van der Waals surface area contributed by atoms with Gasteiger partial charge in [-0.25, -0.2) is 0 Å². The molecule has 72 valence electrons. The van der Waals surface area contributed by atoms with E-state index < -0.39 is 17.6 Å². The number of hydrogen-bond donors (Lipinski definition) is 0. The van der Waals surface area contributed by atoms with Gasteiger partial charge in [-0.1, -0.05) is 0 Å². The Morgan fingerprint density at radius 3 is 2.43 bits per heavy atom. The van der Waals surface area contributed by atoms with Gasteiger partial charge in [-0.2, -0.15) is 28.1 Å². The molecule has 0 fully saturated rings. The normalized spacial score (nSPS) is 11.0. The second-order valence-electron chi connectivity index (χ2n) is 2.35. The number of alkyl halides is 3. The van der Waals surface area contributed by atoms with Gasteiger partial charge in [-0.15, -0.1) is 5.10 Å². The Balaban J connectivity index is 3.58. The highest BCUT2D eigenvalue weighted by atomic mass is 27.0. The summed E-state index contributed by atoms with van der Waals surface area (Å²) in [5.41, 5.74) is -1.05. The van der Waals surface area contributed by atoms with E-state index in [2.05, 4.69) is 10.2 Å². The Hall–Kier alpha value is -1.38. The quantitative estimate of drug-likeness (QED) is 0.484. The molecular formula is C5H2AlF3N4O. The van der Waals surface area contributed by atoms with Gasteiger partial charge in [0, 0.05) is 4.56 Å². The maximum atomic E-state index is 12.1. The monoisotopic (exact) mass is 218 g/mol. The molecule has 0 amide bonds. The number of aromatic nitrogens is 3. The summed E-state index contributed by atoms with van der Waals surface area (Å²) in [7, 11) is 0. The average Bonchev–Trinajstić information content (AvgIpc) is 2.07. The van der Waals surface area contributed by atoms with E-state index in [1.54, 1.807) is 0 Å². The van der Waals surface area contributed by atoms with Gasteiger partial charge in [0.1, 0.15) is 0 Å². The maximum absolute atomic E-state index is 12.1. The fourth-order valence-corrected chi connectivity index (χ4v) is 1.07. The van der Waals surface area contributed by atoms with Crippen molar-refractivity contribution in [1.82, 2.24) is 14.8 Å². The zero-order valence-corrected chi connectivity index (χ0v) is 8.83. The summed E-state index contributed by atoms with van der Waals surface area (Å²) in [6.07, 6.45) is -3.73. The van der Waals surface area contributed by atoms with Crippen LogP contribution in [0.1, 0.15) is 5.82 Å². The first-order valence-corrected chi connectivity index (χ1v) is 4.31. The summed E-state index contributed by atoms with van der Waals surface area (Å²) < 4.78 is 36.2. The molecule has 14 heavy (non-hydrogen) atoms. The predicted molar refractivity (Wildman–Crippen MR) is 40.5 cm³/mol. The predicted octanol–water partition coefficient (Wildman–Crippen LogP) is -1.76. The van der Waals surface area contributed by atoms with E-state index in [0.29, 0.717) is 0 Å². The number of nitrogens with zero attached hydrogens (tertiary/aromatic N) is 4. The maximum Gasteiger partial charge on any atom is 0.452 e. The summed E-state index contributed by atoms with van der Waals surface area (Å²) in [6.45, 7) is 0. The molecule has 5 nitrogen and oxygen atoms in total. The van der Waals surface area contributed by atoms with Gasteiger partial charge in [0.2, 0.25) is 0 Å². The molecule has 0 aromatic carbocycles. The molecule has 0 atom stereocenters. The van der Waals surface area contributed by atoms with Crippen molar-refractivity contribution in [3.8, 4) is 6.19 Å². The fourth-order valence-electron chi connectivity index (χ4n) is 0.744. The SMILES string of the molecule is N#Cn1c(C(F)(F)F)nn[c]([AlH2])c1=O. The van der Waals surface area contributed by atoms with Crippen molar-refractivity contribution >= 4 is 20.8 Å². The standard InChI is InChI=1S/C5F3N4O.Al.2H/c6-5(7,8)4-11-10-1-3(13)12(4)2-9;;;. The molecule has 0 unspecified atom stereocenters. The number of halogens is 3. The van der Waals surface area contributed by atoms with E-state index in [-0.39, 0.29) is 25.4 Å². The molecular weight excluding hydrogens is 216 g/mol. The van der Waals surface area contributed by atoms with Gasteiger partial charge in [0.05, 0.1) is 0 Å². The molecule has 1 heterocycles. The first-order valence-electron chi connectivity index (χ1n) is 3.31. The molecule has 0 aliphatic heterocycles. The van der Waals surface area contributed by atoms with E-state index in [4.69, 9.17) is 5.26 Å². The van der Waals surface area contributed by atoms with Crippen LogP contribution < -0.4 is 10.1 Å². The van der Waals surface area contributed by atoms with Gasteiger partial charge in [0.25, 0.3) is 11.4 Å². The first-order chi connectivity index (χ1) is 6.38. The van der Waals surface area contributed by atoms with Gasteiger partial charge in [0.15, 0.2) is 6.19 Å². The van der Waals surface area contributed by atoms with E-state index >= 15 is 0 Å². The van der Waals surface area contributed by atoms with Crippen LogP contribution in [0, 0.1) is 11.5 Å². The minimum absolute atomic E-state index is 0.102. The lowest BCUT2D eigenvalue weighted by molar-refractivity contribution is -0.147. The molecule has 0 N–H and O–H groups in total. The van der Waals surface area contributed by atoms with Crippen molar-refractivity contribution in [1.29, 1.82) is 5.26 Å². The second-order valence-corrected chi connectivity index (χ2v) is 3.29. The van der Waals surface area contributed by atoms with Crippen molar-refractivity contribution in [2.45, 2.75) is 6.18 Å². The highest BCUT2D eigenvalue weighted by Gasteiger charge is 2.37. The summed E-state index contributed by atoms with van der Waals surface area (Å²) >= 11 is 0.139. The highest BCUT2D eigenvalue weighted by Crippen LogP contribution is 2.25. The smallest absolute Gasteiger partial charge is 0.268 e. The van der Waals surface area contributed by atoms with Crippen molar-refractivity contribution in [3.05, 3.63) is 16.2 Å². The third-order valence-corrected chi connectivity index (χ3v) is 2.00. The van der Waals surface area contributed by atoms with Crippen molar-refractivity contribution < 1.29 is 13.2 Å². The molecule has 1 aromatic heterocycles. The van der Waals surface area contributed by atoms with Crippen LogP contribution >= 0.6 is 0 Å².